The van der Waals surface area contributed by atoms with Crippen molar-refractivity contribution in [3.63, 3.8) is 0 Å². The van der Waals surface area contributed by atoms with Crippen LogP contribution in [0.3, 0.4) is 0 Å². The van der Waals surface area contributed by atoms with Crippen LogP contribution in [0.15, 0.2) is 35.5 Å². The second-order valence-corrected chi connectivity index (χ2v) is 8.35. The van der Waals surface area contributed by atoms with Crippen molar-refractivity contribution in [1.82, 2.24) is 20.5 Å². The molecule has 0 radical (unpaired) electrons. The summed E-state index contributed by atoms with van der Waals surface area (Å²) in [5.41, 5.74) is 1.13. The number of morpholine rings is 1. The Bertz CT molecular complexity index is 782. The predicted octanol–water partition coefficient (Wildman–Crippen LogP) is 3.85. The van der Waals surface area contributed by atoms with Crippen molar-refractivity contribution < 1.29 is 4.74 Å². The number of aromatic nitrogens is 1. The first kappa shape index (κ1) is 24.3. The molecular weight excluding hydrogens is 521 g/mol. The molecule has 1 unspecified atom stereocenters. The van der Waals surface area contributed by atoms with E-state index >= 15 is 0 Å². The SMILES string of the molecule is CCNC(=NCc1ncc(C)s1)NCC(c1ccccc1Cl)N1CCOCC1.I. The quantitative estimate of drug-likeness (QED) is 0.312. The number of thiazole rings is 1. The molecular formula is C20H29ClIN5OS. The maximum Gasteiger partial charge on any atom is 0.191 e. The number of nitrogens with zero attached hydrogens (tertiary/aromatic N) is 3. The van der Waals surface area contributed by atoms with E-state index in [0.29, 0.717) is 13.1 Å². The number of halogens is 2. The van der Waals surface area contributed by atoms with Crippen LogP contribution in [0.5, 0.6) is 0 Å². The molecule has 2 aromatic rings. The first-order chi connectivity index (χ1) is 13.7. The van der Waals surface area contributed by atoms with Gasteiger partial charge in [-0.1, -0.05) is 29.8 Å². The summed E-state index contributed by atoms with van der Waals surface area (Å²) in [7, 11) is 0. The molecule has 1 aliphatic rings. The van der Waals surface area contributed by atoms with Crippen molar-refractivity contribution in [2.24, 2.45) is 4.99 Å². The van der Waals surface area contributed by atoms with E-state index in [4.69, 9.17) is 21.3 Å². The summed E-state index contributed by atoms with van der Waals surface area (Å²) in [6.07, 6.45) is 1.89. The fraction of sp³-hybridized carbons (Fsp3) is 0.500. The van der Waals surface area contributed by atoms with E-state index in [-0.39, 0.29) is 30.0 Å². The minimum atomic E-state index is 0. The third kappa shape index (κ3) is 7.36. The lowest BCUT2D eigenvalue weighted by molar-refractivity contribution is 0.0170. The predicted molar refractivity (Wildman–Crippen MR) is 132 cm³/mol. The molecule has 2 N–H and O–H groups in total. The molecule has 0 saturated carbocycles. The average Bonchev–Trinajstić information content (AvgIpc) is 3.13. The molecule has 1 atom stereocenters. The summed E-state index contributed by atoms with van der Waals surface area (Å²) in [4.78, 5) is 12.7. The van der Waals surface area contributed by atoms with E-state index in [0.717, 1.165) is 54.4 Å². The molecule has 0 aliphatic carbocycles. The van der Waals surface area contributed by atoms with Crippen LogP contribution in [0.1, 0.15) is 28.4 Å². The highest BCUT2D eigenvalue weighted by Crippen LogP contribution is 2.27. The first-order valence-electron chi connectivity index (χ1n) is 9.67. The zero-order valence-electron chi connectivity index (χ0n) is 16.9. The van der Waals surface area contributed by atoms with Crippen LogP contribution < -0.4 is 10.6 Å². The molecule has 160 valence electrons. The van der Waals surface area contributed by atoms with Crippen molar-refractivity contribution in [3.8, 4) is 0 Å². The van der Waals surface area contributed by atoms with Crippen molar-refractivity contribution in [1.29, 1.82) is 0 Å². The number of hydrogen-bond acceptors (Lipinski definition) is 5. The minimum Gasteiger partial charge on any atom is -0.379 e. The van der Waals surface area contributed by atoms with E-state index in [1.54, 1.807) is 11.3 Å². The van der Waals surface area contributed by atoms with Crippen molar-refractivity contribution in [3.05, 3.63) is 50.9 Å². The van der Waals surface area contributed by atoms with E-state index in [1.807, 2.05) is 24.4 Å². The Balaban J connectivity index is 0.00000300. The van der Waals surface area contributed by atoms with Crippen LogP contribution in [-0.2, 0) is 11.3 Å². The van der Waals surface area contributed by atoms with E-state index in [9.17, 15) is 0 Å². The van der Waals surface area contributed by atoms with Gasteiger partial charge in [-0.15, -0.1) is 35.3 Å². The van der Waals surface area contributed by atoms with Gasteiger partial charge < -0.3 is 15.4 Å². The number of hydrogen-bond donors (Lipinski definition) is 2. The van der Waals surface area contributed by atoms with Crippen LogP contribution in [0.2, 0.25) is 5.02 Å². The summed E-state index contributed by atoms with van der Waals surface area (Å²) >= 11 is 8.20. The van der Waals surface area contributed by atoms with Crippen molar-refractivity contribution >= 4 is 52.9 Å². The Hall–Kier alpha value is -0.940. The van der Waals surface area contributed by atoms with Gasteiger partial charge in [0.2, 0.25) is 0 Å². The van der Waals surface area contributed by atoms with Gasteiger partial charge in [0.25, 0.3) is 0 Å². The van der Waals surface area contributed by atoms with Gasteiger partial charge in [-0.05, 0) is 25.5 Å². The fourth-order valence-electron chi connectivity index (χ4n) is 3.23. The molecule has 0 spiro atoms. The Morgan fingerprint density at radius 3 is 2.72 bits per heavy atom. The number of benzene rings is 1. The van der Waals surface area contributed by atoms with Gasteiger partial charge >= 0.3 is 0 Å². The Labute approximate surface area is 199 Å². The molecule has 1 fully saturated rings. The van der Waals surface area contributed by atoms with Gasteiger partial charge in [-0.25, -0.2) is 9.98 Å². The summed E-state index contributed by atoms with van der Waals surface area (Å²) in [5.74, 6) is 0.792. The zero-order valence-corrected chi connectivity index (χ0v) is 20.8. The van der Waals surface area contributed by atoms with Crippen LogP contribution in [0.25, 0.3) is 0 Å². The second kappa shape index (κ2) is 12.7. The van der Waals surface area contributed by atoms with Gasteiger partial charge in [0, 0.05) is 42.3 Å². The largest absolute Gasteiger partial charge is 0.379 e. The highest BCUT2D eigenvalue weighted by molar-refractivity contribution is 14.0. The Kier molecular flexibility index (Phi) is 10.6. The monoisotopic (exact) mass is 549 g/mol. The minimum absolute atomic E-state index is 0. The molecule has 0 bridgehead atoms. The molecule has 3 rings (SSSR count). The average molecular weight is 550 g/mol. The summed E-state index contributed by atoms with van der Waals surface area (Å²) < 4.78 is 5.53. The third-order valence-corrected chi connectivity index (χ3v) is 5.84. The summed E-state index contributed by atoms with van der Waals surface area (Å²) in [5, 5.41) is 8.63. The van der Waals surface area contributed by atoms with Gasteiger partial charge in [-0.3, -0.25) is 4.90 Å². The normalized spacial score (nSPS) is 16.2. The zero-order chi connectivity index (χ0) is 19.8. The van der Waals surface area contributed by atoms with Crippen LogP contribution >= 0.6 is 46.9 Å². The topological polar surface area (TPSA) is 61.8 Å². The van der Waals surface area contributed by atoms with Crippen LogP contribution in [-0.4, -0.2) is 55.2 Å². The molecule has 0 amide bonds. The Morgan fingerprint density at radius 1 is 1.31 bits per heavy atom. The molecule has 1 aromatic carbocycles. The lowest BCUT2D eigenvalue weighted by atomic mass is 10.0. The molecule has 6 nitrogen and oxygen atoms in total. The fourth-order valence-corrected chi connectivity index (χ4v) is 4.20. The molecule has 29 heavy (non-hydrogen) atoms. The molecule has 1 aromatic heterocycles. The number of rotatable bonds is 7. The maximum absolute atomic E-state index is 6.52. The van der Waals surface area contributed by atoms with E-state index in [1.165, 1.54) is 4.88 Å². The summed E-state index contributed by atoms with van der Waals surface area (Å²) in [6.45, 7) is 9.50. The van der Waals surface area contributed by atoms with Gasteiger partial charge in [0.1, 0.15) is 5.01 Å². The number of aryl methyl sites for hydroxylation is 1. The number of guanidine groups is 1. The van der Waals surface area contributed by atoms with Crippen molar-refractivity contribution in [2.45, 2.75) is 26.4 Å². The standard InChI is InChI=1S/C20H28ClN5OS.HI/c1-3-22-20(25-14-19-23-12-15(2)28-19)24-13-18(26-8-10-27-11-9-26)16-6-4-5-7-17(16)21;/h4-7,12,18H,3,8-11,13-14H2,1-2H3,(H2,22,24,25);1H. The van der Waals surface area contributed by atoms with Gasteiger partial charge in [0.05, 0.1) is 25.8 Å². The Morgan fingerprint density at radius 2 is 2.07 bits per heavy atom. The van der Waals surface area contributed by atoms with Gasteiger partial charge in [0.15, 0.2) is 5.96 Å². The van der Waals surface area contributed by atoms with E-state index < -0.39 is 0 Å². The number of nitrogens with one attached hydrogen (secondary N) is 2. The molecule has 2 heterocycles. The highest BCUT2D eigenvalue weighted by Gasteiger charge is 2.24. The first-order valence-corrected chi connectivity index (χ1v) is 10.9. The smallest absolute Gasteiger partial charge is 0.191 e. The van der Waals surface area contributed by atoms with Crippen molar-refractivity contribution in [2.75, 3.05) is 39.4 Å². The van der Waals surface area contributed by atoms with Crippen LogP contribution in [0, 0.1) is 6.92 Å². The molecule has 9 heteroatoms. The highest BCUT2D eigenvalue weighted by atomic mass is 127. The van der Waals surface area contributed by atoms with Gasteiger partial charge in [-0.2, -0.15) is 0 Å². The summed E-state index contributed by atoms with van der Waals surface area (Å²) in [6, 6.07) is 8.22. The third-order valence-electron chi connectivity index (χ3n) is 4.60. The molecule has 1 aliphatic heterocycles. The second-order valence-electron chi connectivity index (χ2n) is 6.63. The van der Waals surface area contributed by atoms with E-state index in [2.05, 4.69) is 40.4 Å². The maximum atomic E-state index is 6.52. The number of aliphatic imine (C=N–C) groups is 1. The lowest BCUT2D eigenvalue weighted by Crippen LogP contribution is -2.46. The lowest BCUT2D eigenvalue weighted by Gasteiger charge is -2.35. The number of ether oxygens (including phenoxy) is 1. The molecule has 1 saturated heterocycles. The van der Waals surface area contributed by atoms with Crippen LogP contribution in [0.4, 0.5) is 0 Å².